The monoisotopic (exact) mass is 162 g/mol. The highest BCUT2D eigenvalue weighted by atomic mass is 15.1. The van der Waals surface area contributed by atoms with Crippen molar-refractivity contribution >= 4 is 0 Å². The minimum atomic E-state index is 0.590. The van der Waals surface area contributed by atoms with Crippen molar-refractivity contribution in [2.75, 3.05) is 0 Å². The third-order valence-corrected chi connectivity index (χ3v) is 2.53. The lowest BCUT2D eigenvalue weighted by atomic mass is 9.99. The summed E-state index contributed by atoms with van der Waals surface area (Å²) in [5.74, 6) is 0.590. The number of aryl methyl sites for hydroxylation is 1. The van der Waals surface area contributed by atoms with Crippen molar-refractivity contribution in [2.45, 2.75) is 39.0 Å². The molecule has 0 bridgehead atoms. The average Bonchev–Trinajstić information content (AvgIpc) is 2.49. The molecule has 1 aliphatic carbocycles. The Labute approximate surface area is 73.0 Å². The van der Waals surface area contributed by atoms with E-state index in [0.717, 1.165) is 6.42 Å². The van der Waals surface area contributed by atoms with Gasteiger partial charge in [-0.2, -0.15) is 10.2 Å². The Hall–Kier alpha value is -0.920. The van der Waals surface area contributed by atoms with Crippen molar-refractivity contribution < 1.29 is 0 Å². The minimum Gasteiger partial charge on any atom is -0.159 e. The summed E-state index contributed by atoms with van der Waals surface area (Å²) in [7, 11) is 0. The van der Waals surface area contributed by atoms with E-state index in [1.807, 2.05) is 6.20 Å². The Morgan fingerprint density at radius 1 is 1.33 bits per heavy atom. The highest BCUT2D eigenvalue weighted by molar-refractivity contribution is 5.33. The van der Waals surface area contributed by atoms with Gasteiger partial charge < -0.3 is 0 Å². The molecule has 0 aliphatic heterocycles. The predicted molar refractivity (Wildman–Crippen MR) is 48.1 cm³/mol. The molecule has 0 N–H and O–H groups in total. The van der Waals surface area contributed by atoms with Gasteiger partial charge in [0, 0.05) is 0 Å². The summed E-state index contributed by atoms with van der Waals surface area (Å²) in [5.41, 5.74) is 4.11. The summed E-state index contributed by atoms with van der Waals surface area (Å²) in [6, 6.07) is 0. The zero-order chi connectivity index (χ0) is 8.55. The molecule has 0 aromatic carbocycles. The third kappa shape index (κ3) is 1.11. The average molecular weight is 162 g/mol. The van der Waals surface area contributed by atoms with Crippen LogP contribution in [0, 0.1) is 0 Å². The Bertz CT molecular complexity index is 292. The molecule has 2 rings (SSSR count). The fourth-order valence-electron chi connectivity index (χ4n) is 1.89. The number of aromatic nitrogens is 2. The molecule has 0 saturated carbocycles. The first-order valence-corrected chi connectivity index (χ1v) is 4.62. The van der Waals surface area contributed by atoms with Gasteiger partial charge in [0.15, 0.2) is 0 Å². The molecule has 0 unspecified atom stereocenters. The lowest BCUT2D eigenvalue weighted by Gasteiger charge is -2.08. The van der Waals surface area contributed by atoms with Crippen molar-refractivity contribution in [1.29, 1.82) is 0 Å². The summed E-state index contributed by atoms with van der Waals surface area (Å²) in [6.45, 7) is 4.44. The molecule has 0 radical (unpaired) electrons. The largest absolute Gasteiger partial charge is 0.159 e. The Morgan fingerprint density at radius 2 is 2.17 bits per heavy atom. The lowest BCUT2D eigenvalue weighted by molar-refractivity contribution is 0.816. The fourth-order valence-corrected chi connectivity index (χ4v) is 1.89. The highest BCUT2D eigenvalue weighted by Crippen LogP contribution is 2.26. The van der Waals surface area contributed by atoms with Crippen LogP contribution in [0.2, 0.25) is 0 Å². The summed E-state index contributed by atoms with van der Waals surface area (Å²) >= 11 is 0. The number of nitrogens with zero attached hydrogens (tertiary/aromatic N) is 2. The molecular weight excluding hydrogens is 148 g/mol. The Kier molecular flexibility index (Phi) is 1.83. The molecular formula is C10H14N2. The van der Waals surface area contributed by atoms with Crippen molar-refractivity contribution in [1.82, 2.24) is 10.2 Å². The van der Waals surface area contributed by atoms with Crippen LogP contribution in [0.1, 0.15) is 43.0 Å². The molecule has 0 spiro atoms. The maximum absolute atomic E-state index is 4.15. The maximum atomic E-state index is 4.15. The SMILES string of the molecule is CC(C)c1cnnc2c1CCC2. The van der Waals surface area contributed by atoms with E-state index < -0.39 is 0 Å². The number of rotatable bonds is 1. The van der Waals surface area contributed by atoms with E-state index in [1.165, 1.54) is 29.7 Å². The molecule has 1 aliphatic rings. The fraction of sp³-hybridized carbons (Fsp3) is 0.600. The smallest absolute Gasteiger partial charge is 0.0665 e. The second-order valence-electron chi connectivity index (χ2n) is 3.73. The Morgan fingerprint density at radius 3 is 2.92 bits per heavy atom. The topological polar surface area (TPSA) is 25.8 Å². The zero-order valence-corrected chi connectivity index (χ0v) is 7.67. The molecule has 0 fully saturated rings. The molecule has 1 aromatic heterocycles. The number of hydrogen-bond donors (Lipinski definition) is 0. The van der Waals surface area contributed by atoms with E-state index in [9.17, 15) is 0 Å². The quantitative estimate of drug-likeness (QED) is 0.632. The molecule has 64 valence electrons. The van der Waals surface area contributed by atoms with Crippen molar-refractivity contribution in [3.8, 4) is 0 Å². The molecule has 0 atom stereocenters. The predicted octanol–water partition coefficient (Wildman–Crippen LogP) is 2.09. The van der Waals surface area contributed by atoms with Gasteiger partial charge in [-0.1, -0.05) is 13.8 Å². The van der Waals surface area contributed by atoms with Gasteiger partial charge in [-0.05, 0) is 36.3 Å². The van der Waals surface area contributed by atoms with E-state index in [4.69, 9.17) is 0 Å². The molecule has 2 nitrogen and oxygen atoms in total. The van der Waals surface area contributed by atoms with E-state index >= 15 is 0 Å². The second-order valence-corrected chi connectivity index (χ2v) is 3.73. The summed E-state index contributed by atoms with van der Waals surface area (Å²) in [6.07, 6.45) is 5.52. The standard InChI is InChI=1S/C10H14N2/c1-7(2)9-6-11-12-10-5-3-4-8(9)10/h6-7H,3-5H2,1-2H3. The van der Waals surface area contributed by atoms with Crippen LogP contribution in [0.4, 0.5) is 0 Å². The van der Waals surface area contributed by atoms with Crippen LogP contribution in [-0.2, 0) is 12.8 Å². The second kappa shape index (κ2) is 2.85. The minimum absolute atomic E-state index is 0.590. The first kappa shape index (κ1) is 7.71. The summed E-state index contributed by atoms with van der Waals surface area (Å²) in [4.78, 5) is 0. The van der Waals surface area contributed by atoms with Crippen LogP contribution in [0.3, 0.4) is 0 Å². The highest BCUT2D eigenvalue weighted by Gasteiger charge is 2.17. The van der Waals surface area contributed by atoms with Crippen LogP contribution < -0.4 is 0 Å². The molecule has 12 heavy (non-hydrogen) atoms. The molecule has 1 aromatic rings. The maximum Gasteiger partial charge on any atom is 0.0665 e. The van der Waals surface area contributed by atoms with Gasteiger partial charge in [0.1, 0.15) is 0 Å². The lowest BCUT2D eigenvalue weighted by Crippen LogP contribution is -1.99. The van der Waals surface area contributed by atoms with Crippen LogP contribution in [0.25, 0.3) is 0 Å². The van der Waals surface area contributed by atoms with Crippen LogP contribution in [-0.4, -0.2) is 10.2 Å². The van der Waals surface area contributed by atoms with Gasteiger partial charge in [0.05, 0.1) is 11.9 Å². The van der Waals surface area contributed by atoms with E-state index in [0.29, 0.717) is 5.92 Å². The third-order valence-electron chi connectivity index (χ3n) is 2.53. The van der Waals surface area contributed by atoms with Crippen molar-refractivity contribution in [2.24, 2.45) is 0 Å². The van der Waals surface area contributed by atoms with Gasteiger partial charge in [0.2, 0.25) is 0 Å². The van der Waals surface area contributed by atoms with E-state index in [1.54, 1.807) is 0 Å². The van der Waals surface area contributed by atoms with Crippen molar-refractivity contribution in [3.05, 3.63) is 23.0 Å². The van der Waals surface area contributed by atoms with E-state index in [-0.39, 0.29) is 0 Å². The van der Waals surface area contributed by atoms with Gasteiger partial charge in [0.25, 0.3) is 0 Å². The van der Waals surface area contributed by atoms with Crippen LogP contribution >= 0.6 is 0 Å². The summed E-state index contributed by atoms with van der Waals surface area (Å²) < 4.78 is 0. The molecule has 1 heterocycles. The van der Waals surface area contributed by atoms with Gasteiger partial charge >= 0.3 is 0 Å². The first-order valence-electron chi connectivity index (χ1n) is 4.62. The van der Waals surface area contributed by atoms with E-state index in [2.05, 4.69) is 24.0 Å². The van der Waals surface area contributed by atoms with Gasteiger partial charge in [-0.25, -0.2) is 0 Å². The Balaban J connectivity index is 2.49. The molecule has 0 amide bonds. The van der Waals surface area contributed by atoms with Gasteiger partial charge in [-0.3, -0.25) is 0 Å². The number of fused-ring (bicyclic) bond motifs is 1. The van der Waals surface area contributed by atoms with Crippen LogP contribution in [0.5, 0.6) is 0 Å². The number of hydrogen-bond acceptors (Lipinski definition) is 2. The molecule has 0 saturated heterocycles. The van der Waals surface area contributed by atoms with Gasteiger partial charge in [-0.15, -0.1) is 0 Å². The zero-order valence-electron chi connectivity index (χ0n) is 7.67. The van der Waals surface area contributed by atoms with Crippen LogP contribution in [0.15, 0.2) is 6.20 Å². The van der Waals surface area contributed by atoms with Crippen molar-refractivity contribution in [3.63, 3.8) is 0 Å². The first-order chi connectivity index (χ1) is 5.79. The summed E-state index contributed by atoms with van der Waals surface area (Å²) in [5, 5.41) is 8.18. The molecule has 2 heteroatoms. The normalized spacial score (nSPS) is 15.2.